The maximum Gasteiger partial charge on any atom is 0.193 e. The van der Waals surface area contributed by atoms with Crippen molar-refractivity contribution in [3.05, 3.63) is 18.2 Å². The number of guanidine groups is 1. The highest BCUT2D eigenvalue weighted by Crippen LogP contribution is 2.33. The molecule has 1 saturated heterocycles. The molecule has 0 radical (unpaired) electrons. The number of halogens is 1. The van der Waals surface area contributed by atoms with Crippen LogP contribution >= 0.6 is 24.0 Å². The second-order valence-electron chi connectivity index (χ2n) is 7.70. The molecule has 0 spiro atoms. The van der Waals surface area contributed by atoms with E-state index in [1.165, 1.54) is 25.7 Å². The van der Waals surface area contributed by atoms with E-state index in [0.717, 1.165) is 57.3 Å². The van der Waals surface area contributed by atoms with Crippen LogP contribution in [-0.2, 0) is 6.54 Å². The molecule has 1 aromatic heterocycles. The summed E-state index contributed by atoms with van der Waals surface area (Å²) in [6, 6.07) is 0. The Morgan fingerprint density at radius 3 is 2.81 bits per heavy atom. The van der Waals surface area contributed by atoms with Crippen LogP contribution in [0.15, 0.2) is 17.4 Å². The second-order valence-corrected chi connectivity index (χ2v) is 7.70. The summed E-state index contributed by atoms with van der Waals surface area (Å²) in [5.74, 6) is 2.21. The van der Waals surface area contributed by atoms with E-state index in [0.29, 0.717) is 5.41 Å². The molecule has 0 aromatic carbocycles. The zero-order valence-electron chi connectivity index (χ0n) is 17.1. The molecule has 1 fully saturated rings. The van der Waals surface area contributed by atoms with E-state index >= 15 is 0 Å². The molecule has 2 rings (SSSR count). The van der Waals surface area contributed by atoms with E-state index in [1.54, 1.807) is 0 Å². The molecule has 1 atom stereocenters. The molecule has 1 aromatic rings. The van der Waals surface area contributed by atoms with Gasteiger partial charge in [0.05, 0.1) is 0 Å². The van der Waals surface area contributed by atoms with E-state index < -0.39 is 0 Å². The fraction of sp³-hybridized carbons (Fsp3) is 0.800. The van der Waals surface area contributed by atoms with E-state index in [1.807, 2.05) is 6.20 Å². The van der Waals surface area contributed by atoms with E-state index in [4.69, 9.17) is 4.99 Å². The van der Waals surface area contributed by atoms with Crippen molar-refractivity contribution in [1.29, 1.82) is 0 Å². The molecule has 1 aliphatic rings. The Morgan fingerprint density at radius 2 is 2.15 bits per heavy atom. The minimum atomic E-state index is 0. The standard InChI is InChI=1S/C20H37N5.HI/c1-5-10-20(4)11-9-15-25(17-20)19(21-6-2)23-12-7-8-14-24-16-13-22-18(24)3;/h13,16H,5-12,14-15,17H2,1-4H3,(H,21,23);1H. The van der Waals surface area contributed by atoms with Gasteiger partial charge in [0.1, 0.15) is 5.82 Å². The van der Waals surface area contributed by atoms with Gasteiger partial charge in [-0.2, -0.15) is 0 Å². The number of hydrogen-bond acceptors (Lipinski definition) is 2. The number of rotatable bonds is 8. The second kappa shape index (κ2) is 11.8. The highest BCUT2D eigenvalue weighted by atomic mass is 127. The first-order valence-electron chi connectivity index (χ1n) is 10.1. The van der Waals surface area contributed by atoms with E-state index in [-0.39, 0.29) is 24.0 Å². The lowest BCUT2D eigenvalue weighted by atomic mass is 9.78. The van der Waals surface area contributed by atoms with Gasteiger partial charge in [-0.05, 0) is 51.4 Å². The van der Waals surface area contributed by atoms with Crippen LogP contribution in [0.25, 0.3) is 0 Å². The molecule has 1 N–H and O–H groups in total. The molecule has 5 nitrogen and oxygen atoms in total. The van der Waals surface area contributed by atoms with Crippen LogP contribution in [0.2, 0.25) is 0 Å². The number of aliphatic imine (C=N–C) groups is 1. The number of piperidine rings is 1. The smallest absolute Gasteiger partial charge is 0.193 e. The predicted octanol–water partition coefficient (Wildman–Crippen LogP) is 4.46. The summed E-state index contributed by atoms with van der Waals surface area (Å²) in [5, 5.41) is 3.51. The molecular weight excluding hydrogens is 437 g/mol. The lowest BCUT2D eigenvalue weighted by Crippen LogP contribution is -2.49. The Morgan fingerprint density at radius 1 is 1.35 bits per heavy atom. The summed E-state index contributed by atoms with van der Waals surface area (Å²) in [6.07, 6.45) is 11.4. The third-order valence-electron chi connectivity index (χ3n) is 5.26. The van der Waals surface area contributed by atoms with Crippen molar-refractivity contribution in [2.45, 2.75) is 72.8 Å². The molecule has 0 saturated carbocycles. The minimum Gasteiger partial charge on any atom is -0.357 e. The molecular formula is C20H38IN5. The van der Waals surface area contributed by atoms with Gasteiger partial charge in [0.2, 0.25) is 0 Å². The third kappa shape index (κ3) is 7.08. The fourth-order valence-electron chi connectivity index (χ4n) is 3.95. The van der Waals surface area contributed by atoms with Gasteiger partial charge in [0.25, 0.3) is 0 Å². The molecule has 26 heavy (non-hydrogen) atoms. The van der Waals surface area contributed by atoms with E-state index in [9.17, 15) is 0 Å². The van der Waals surface area contributed by atoms with Gasteiger partial charge in [-0.25, -0.2) is 4.98 Å². The Kier molecular flexibility index (Phi) is 10.6. The van der Waals surface area contributed by atoms with Crippen LogP contribution < -0.4 is 5.32 Å². The van der Waals surface area contributed by atoms with Gasteiger partial charge in [-0.1, -0.05) is 20.3 Å². The molecule has 0 aliphatic carbocycles. The number of likely N-dealkylation sites (tertiary alicyclic amines) is 1. The molecule has 1 aliphatic heterocycles. The normalized spacial score (nSPS) is 20.8. The summed E-state index contributed by atoms with van der Waals surface area (Å²) in [4.78, 5) is 11.7. The number of aryl methyl sites for hydroxylation is 2. The topological polar surface area (TPSA) is 45.5 Å². The number of hydrogen-bond donors (Lipinski definition) is 1. The molecule has 0 amide bonds. The molecule has 1 unspecified atom stereocenters. The van der Waals surface area contributed by atoms with Gasteiger partial charge < -0.3 is 14.8 Å². The average Bonchev–Trinajstić information content (AvgIpc) is 2.98. The highest BCUT2D eigenvalue weighted by molar-refractivity contribution is 14.0. The lowest BCUT2D eigenvalue weighted by molar-refractivity contribution is 0.142. The summed E-state index contributed by atoms with van der Waals surface area (Å²) < 4.78 is 2.22. The first kappa shape index (κ1) is 23.2. The monoisotopic (exact) mass is 475 g/mol. The molecule has 150 valence electrons. The summed E-state index contributed by atoms with van der Waals surface area (Å²) in [5.41, 5.74) is 0.447. The zero-order valence-corrected chi connectivity index (χ0v) is 19.5. The number of nitrogens with one attached hydrogen (secondary N) is 1. The molecule has 0 bridgehead atoms. The van der Waals surface area contributed by atoms with Crippen LogP contribution in [0, 0.1) is 12.3 Å². The van der Waals surface area contributed by atoms with Crippen molar-refractivity contribution >= 4 is 29.9 Å². The first-order valence-corrected chi connectivity index (χ1v) is 10.1. The highest BCUT2D eigenvalue weighted by Gasteiger charge is 2.31. The quantitative estimate of drug-likeness (QED) is 0.262. The van der Waals surface area contributed by atoms with Crippen LogP contribution in [-0.4, -0.2) is 46.6 Å². The van der Waals surface area contributed by atoms with Crippen molar-refractivity contribution in [3.8, 4) is 0 Å². The first-order chi connectivity index (χ1) is 12.1. The van der Waals surface area contributed by atoms with Crippen molar-refractivity contribution in [2.24, 2.45) is 10.4 Å². The zero-order chi connectivity index (χ0) is 18.1. The summed E-state index contributed by atoms with van der Waals surface area (Å²) in [6.45, 7) is 14.1. The Bertz CT molecular complexity index is 538. The van der Waals surface area contributed by atoms with Crippen molar-refractivity contribution in [1.82, 2.24) is 19.8 Å². The van der Waals surface area contributed by atoms with Crippen LogP contribution in [0.5, 0.6) is 0 Å². The Balaban J connectivity index is 0.00000338. The maximum atomic E-state index is 4.91. The largest absolute Gasteiger partial charge is 0.357 e. The Labute approximate surface area is 177 Å². The summed E-state index contributed by atoms with van der Waals surface area (Å²) in [7, 11) is 0. The van der Waals surface area contributed by atoms with Gasteiger partial charge in [-0.3, -0.25) is 4.99 Å². The Hall–Kier alpha value is -0.790. The van der Waals surface area contributed by atoms with Gasteiger partial charge in [-0.15, -0.1) is 24.0 Å². The van der Waals surface area contributed by atoms with Gasteiger partial charge >= 0.3 is 0 Å². The number of imidazole rings is 1. The average molecular weight is 475 g/mol. The van der Waals surface area contributed by atoms with Crippen LogP contribution in [0.1, 0.15) is 65.1 Å². The van der Waals surface area contributed by atoms with Crippen LogP contribution in [0.3, 0.4) is 0 Å². The number of unbranched alkanes of at least 4 members (excludes halogenated alkanes) is 1. The van der Waals surface area contributed by atoms with Crippen molar-refractivity contribution < 1.29 is 0 Å². The van der Waals surface area contributed by atoms with Crippen molar-refractivity contribution in [2.75, 3.05) is 26.2 Å². The number of aromatic nitrogens is 2. The summed E-state index contributed by atoms with van der Waals surface area (Å²) >= 11 is 0. The third-order valence-corrected chi connectivity index (χ3v) is 5.26. The predicted molar refractivity (Wildman–Crippen MR) is 121 cm³/mol. The van der Waals surface area contributed by atoms with Crippen molar-refractivity contribution in [3.63, 3.8) is 0 Å². The van der Waals surface area contributed by atoms with E-state index in [2.05, 4.69) is 53.7 Å². The molecule has 6 heteroatoms. The van der Waals surface area contributed by atoms with Gasteiger partial charge in [0.15, 0.2) is 5.96 Å². The SMILES string of the molecule is CCCC1(C)CCCN(C(=NCCCCn2ccnc2C)NCC)C1.I. The fourth-order valence-corrected chi connectivity index (χ4v) is 3.95. The maximum absolute atomic E-state index is 4.91. The lowest BCUT2D eigenvalue weighted by Gasteiger charge is -2.42. The van der Waals surface area contributed by atoms with Crippen LogP contribution in [0.4, 0.5) is 0 Å². The van der Waals surface area contributed by atoms with Gasteiger partial charge in [0, 0.05) is 45.1 Å². The number of nitrogens with zero attached hydrogens (tertiary/aromatic N) is 4. The minimum absolute atomic E-state index is 0. The molecule has 2 heterocycles.